The van der Waals surface area contributed by atoms with Crippen molar-refractivity contribution in [1.29, 1.82) is 0 Å². The Balaban J connectivity index is 2.94. The number of carbonyl (C=O) groups is 1. The summed E-state index contributed by atoms with van der Waals surface area (Å²) >= 11 is 0. The Kier molecular flexibility index (Phi) is 4.88. The molecule has 5 nitrogen and oxygen atoms in total. The summed E-state index contributed by atoms with van der Waals surface area (Å²) in [6.07, 6.45) is 2.19. The Hall–Kier alpha value is -2.69. The second kappa shape index (κ2) is 6.85. The average molecular weight is 302 g/mol. The molecule has 0 heterocycles. The molecule has 0 spiro atoms. The van der Waals surface area contributed by atoms with Crippen LogP contribution in [-0.4, -0.2) is 34.7 Å². The predicted molar refractivity (Wildman–Crippen MR) is 84.7 cm³/mol. The van der Waals surface area contributed by atoms with Crippen molar-refractivity contribution < 1.29 is 23.7 Å². The van der Waals surface area contributed by atoms with Gasteiger partial charge in [0.25, 0.3) is 0 Å². The Bertz CT molecular complexity index is 719. The van der Waals surface area contributed by atoms with Crippen LogP contribution in [0.2, 0.25) is 0 Å². The number of hydrogen-bond donors (Lipinski definition) is 0. The fourth-order valence-corrected chi connectivity index (χ4v) is 2.41. The van der Waals surface area contributed by atoms with Gasteiger partial charge in [0, 0.05) is 10.8 Å². The molecule has 0 N–H and O–H groups in total. The van der Waals surface area contributed by atoms with E-state index in [0.717, 1.165) is 10.8 Å². The third-order valence-corrected chi connectivity index (χ3v) is 3.36. The van der Waals surface area contributed by atoms with Gasteiger partial charge in [0.05, 0.1) is 34.0 Å². The van der Waals surface area contributed by atoms with Crippen LogP contribution in [0.5, 0.6) is 17.2 Å². The second-order valence-corrected chi connectivity index (χ2v) is 4.43. The van der Waals surface area contributed by atoms with E-state index in [0.29, 0.717) is 29.1 Å². The van der Waals surface area contributed by atoms with E-state index in [9.17, 15) is 4.79 Å². The molecular weight excluding hydrogens is 284 g/mol. The topological polar surface area (TPSA) is 54.0 Å². The zero-order valence-electron chi connectivity index (χ0n) is 13.0. The van der Waals surface area contributed by atoms with E-state index < -0.39 is 0 Å². The van der Waals surface area contributed by atoms with Crippen LogP contribution in [0.3, 0.4) is 0 Å². The molecule has 22 heavy (non-hydrogen) atoms. The van der Waals surface area contributed by atoms with Gasteiger partial charge < -0.3 is 18.9 Å². The van der Waals surface area contributed by atoms with E-state index >= 15 is 0 Å². The first-order valence-corrected chi connectivity index (χ1v) is 6.63. The summed E-state index contributed by atoms with van der Waals surface area (Å²) in [5, 5.41) is 1.72. The van der Waals surface area contributed by atoms with Gasteiger partial charge >= 0.3 is 0 Å². The van der Waals surface area contributed by atoms with Crippen LogP contribution in [0.1, 0.15) is 5.56 Å². The minimum absolute atomic E-state index is 0.161. The average Bonchev–Trinajstić information content (AvgIpc) is 2.57. The number of allylic oxidation sites excluding steroid dienone is 1. The minimum Gasteiger partial charge on any atom is -0.495 e. The zero-order valence-corrected chi connectivity index (χ0v) is 13.0. The van der Waals surface area contributed by atoms with Crippen LogP contribution >= 0.6 is 0 Å². The van der Waals surface area contributed by atoms with Crippen LogP contribution in [0, 0.1) is 0 Å². The fourth-order valence-electron chi connectivity index (χ4n) is 2.41. The van der Waals surface area contributed by atoms with E-state index in [4.69, 9.17) is 18.9 Å². The maximum atomic E-state index is 11.1. The van der Waals surface area contributed by atoms with Crippen molar-refractivity contribution in [3.8, 4) is 17.2 Å². The molecular formula is C17H18O5. The molecule has 116 valence electrons. The maximum absolute atomic E-state index is 11.1. The number of hydrogen-bond acceptors (Lipinski definition) is 5. The normalized spacial score (nSPS) is 11.2. The van der Waals surface area contributed by atoms with Crippen LogP contribution in [-0.2, 0) is 9.53 Å². The lowest BCUT2D eigenvalue weighted by Crippen LogP contribution is -2.00. The lowest BCUT2D eigenvalue weighted by Gasteiger charge is -2.18. The highest BCUT2D eigenvalue weighted by atomic mass is 16.5. The maximum Gasteiger partial charge on any atom is 0.184 e. The Morgan fingerprint density at radius 3 is 1.86 bits per heavy atom. The molecule has 0 amide bonds. The van der Waals surface area contributed by atoms with Crippen LogP contribution in [0.15, 0.2) is 30.0 Å². The summed E-state index contributed by atoms with van der Waals surface area (Å²) in [7, 11) is 6.11. The number of ether oxygens (including phenoxy) is 4. The summed E-state index contributed by atoms with van der Waals surface area (Å²) in [6, 6.07) is 7.65. The molecule has 0 fully saturated rings. The summed E-state index contributed by atoms with van der Waals surface area (Å²) in [5.41, 5.74) is 0.588. The second-order valence-electron chi connectivity index (χ2n) is 4.43. The Morgan fingerprint density at radius 1 is 0.864 bits per heavy atom. The third kappa shape index (κ3) is 2.57. The highest BCUT2D eigenvalue weighted by Crippen LogP contribution is 2.46. The van der Waals surface area contributed by atoms with Gasteiger partial charge in [0.2, 0.25) is 0 Å². The van der Waals surface area contributed by atoms with Gasteiger partial charge in [-0.2, -0.15) is 0 Å². The number of methoxy groups -OCH3 is 4. The zero-order chi connectivity index (χ0) is 16.1. The van der Waals surface area contributed by atoms with E-state index in [1.54, 1.807) is 20.3 Å². The third-order valence-electron chi connectivity index (χ3n) is 3.36. The first kappa shape index (κ1) is 15.7. The van der Waals surface area contributed by atoms with E-state index in [1.165, 1.54) is 14.2 Å². The SMILES string of the molecule is CO/C(C=O)=C\c1c(OC)c(OC)c2ccccc2c1OC. The molecule has 0 aromatic heterocycles. The van der Waals surface area contributed by atoms with E-state index in [2.05, 4.69) is 0 Å². The summed E-state index contributed by atoms with van der Waals surface area (Å²) in [5.74, 6) is 1.81. The molecule has 0 radical (unpaired) electrons. The van der Waals surface area contributed by atoms with Crippen molar-refractivity contribution in [1.82, 2.24) is 0 Å². The van der Waals surface area contributed by atoms with Crippen molar-refractivity contribution in [3.63, 3.8) is 0 Å². The molecule has 0 aliphatic carbocycles. The highest BCUT2D eigenvalue weighted by molar-refractivity contribution is 6.00. The van der Waals surface area contributed by atoms with Gasteiger partial charge in [-0.05, 0) is 6.08 Å². The molecule has 0 saturated carbocycles. The molecule has 0 aliphatic heterocycles. The number of carbonyl (C=O) groups excluding carboxylic acids is 1. The first-order valence-electron chi connectivity index (χ1n) is 6.63. The van der Waals surface area contributed by atoms with Gasteiger partial charge in [-0.1, -0.05) is 24.3 Å². The number of fused-ring (bicyclic) bond motifs is 1. The molecule has 2 rings (SSSR count). The molecule has 0 aliphatic rings. The van der Waals surface area contributed by atoms with Gasteiger partial charge in [-0.15, -0.1) is 0 Å². The lowest BCUT2D eigenvalue weighted by atomic mass is 10.0. The van der Waals surface area contributed by atoms with E-state index in [1.807, 2.05) is 24.3 Å². The summed E-state index contributed by atoms with van der Waals surface area (Å²) < 4.78 is 21.6. The van der Waals surface area contributed by atoms with Crippen molar-refractivity contribution in [2.24, 2.45) is 0 Å². The standard InChI is InChI=1S/C17H18O5/c1-19-11(10-18)9-14-15(20-2)12-7-5-6-8-13(12)16(21-3)17(14)22-4/h5-10H,1-4H3/b11-9-. The molecule has 5 heteroatoms. The molecule has 0 atom stereocenters. The van der Waals surface area contributed by atoms with Crippen LogP contribution < -0.4 is 14.2 Å². The molecule has 2 aromatic carbocycles. The summed E-state index contributed by atoms with van der Waals surface area (Å²) in [4.78, 5) is 11.1. The van der Waals surface area contributed by atoms with Gasteiger partial charge in [0.15, 0.2) is 23.5 Å². The molecule has 0 saturated heterocycles. The van der Waals surface area contributed by atoms with E-state index in [-0.39, 0.29) is 5.76 Å². The van der Waals surface area contributed by atoms with Crippen LogP contribution in [0.25, 0.3) is 16.8 Å². The predicted octanol–water partition coefficient (Wildman–Crippen LogP) is 3.05. The van der Waals surface area contributed by atoms with Gasteiger partial charge in [-0.25, -0.2) is 0 Å². The largest absolute Gasteiger partial charge is 0.495 e. The van der Waals surface area contributed by atoms with Crippen molar-refractivity contribution in [3.05, 3.63) is 35.6 Å². The van der Waals surface area contributed by atoms with Gasteiger partial charge in [-0.3, -0.25) is 4.79 Å². The van der Waals surface area contributed by atoms with Crippen LogP contribution in [0.4, 0.5) is 0 Å². The van der Waals surface area contributed by atoms with Crippen molar-refractivity contribution >= 4 is 23.1 Å². The summed E-state index contributed by atoms with van der Waals surface area (Å²) in [6.45, 7) is 0. The molecule has 0 unspecified atom stereocenters. The molecule has 0 bridgehead atoms. The smallest absolute Gasteiger partial charge is 0.184 e. The number of benzene rings is 2. The monoisotopic (exact) mass is 302 g/mol. The Morgan fingerprint density at radius 2 is 1.41 bits per heavy atom. The number of aldehydes is 1. The highest BCUT2D eigenvalue weighted by Gasteiger charge is 2.20. The molecule has 2 aromatic rings. The van der Waals surface area contributed by atoms with Crippen molar-refractivity contribution in [2.45, 2.75) is 0 Å². The number of rotatable bonds is 6. The minimum atomic E-state index is 0.161. The lowest BCUT2D eigenvalue weighted by molar-refractivity contribution is -0.107. The Labute approximate surface area is 129 Å². The fraction of sp³-hybridized carbons (Fsp3) is 0.235. The van der Waals surface area contributed by atoms with Crippen molar-refractivity contribution in [2.75, 3.05) is 28.4 Å². The first-order chi connectivity index (χ1) is 10.7. The quantitative estimate of drug-likeness (QED) is 0.466. The van der Waals surface area contributed by atoms with Gasteiger partial charge in [0.1, 0.15) is 5.75 Å².